The lowest BCUT2D eigenvalue weighted by Crippen LogP contribution is -2.57. The number of carbonyl (C=O) groups is 1. The first-order valence-corrected chi connectivity index (χ1v) is 10.1. The van der Waals surface area contributed by atoms with Crippen LogP contribution >= 0.6 is 0 Å². The van der Waals surface area contributed by atoms with Crippen molar-refractivity contribution >= 4 is 5.91 Å². The molecule has 0 radical (unpaired) electrons. The normalized spacial score (nSPS) is 31.5. The number of nitrogens with one attached hydrogen (secondary N) is 5. The molecule has 0 bridgehead atoms. The fourth-order valence-corrected chi connectivity index (χ4v) is 4.44. The maximum atomic E-state index is 14.2. The number of hydrogen-bond donors (Lipinski definition) is 5. The van der Waals surface area contributed by atoms with Crippen molar-refractivity contribution in [2.75, 3.05) is 19.6 Å². The molecule has 0 spiro atoms. The van der Waals surface area contributed by atoms with E-state index in [1.165, 1.54) is 6.07 Å². The fraction of sp³-hybridized carbons (Fsp3) is 0.632. The van der Waals surface area contributed by atoms with Crippen LogP contribution in [0.1, 0.15) is 37.8 Å². The Morgan fingerprint density at radius 2 is 1.93 bits per heavy atom. The van der Waals surface area contributed by atoms with Gasteiger partial charge in [0.2, 0.25) is 5.91 Å². The molecular weight excluding hydrogens is 366 g/mol. The Kier molecular flexibility index (Phi) is 5.88. The van der Waals surface area contributed by atoms with E-state index in [1.807, 2.05) is 0 Å². The Morgan fingerprint density at radius 1 is 1.18 bits per heavy atom. The summed E-state index contributed by atoms with van der Waals surface area (Å²) in [5.41, 5.74) is 12.7. The van der Waals surface area contributed by atoms with E-state index in [0.29, 0.717) is 6.42 Å². The lowest BCUT2D eigenvalue weighted by molar-refractivity contribution is -0.127. The van der Waals surface area contributed by atoms with Gasteiger partial charge < -0.3 is 10.2 Å². The van der Waals surface area contributed by atoms with Gasteiger partial charge in [-0.15, -0.1) is 0 Å². The highest BCUT2D eigenvalue weighted by molar-refractivity contribution is 5.79. The van der Waals surface area contributed by atoms with Crippen LogP contribution in [-0.2, 0) is 4.79 Å². The molecule has 3 aliphatic rings. The van der Waals surface area contributed by atoms with Crippen molar-refractivity contribution in [2.45, 2.75) is 44.6 Å². The molecule has 4 rings (SSSR count). The monoisotopic (exact) mass is 394 g/mol. The number of likely N-dealkylation sites (tertiary alicyclic amines) is 1. The van der Waals surface area contributed by atoms with E-state index in [4.69, 9.17) is 0 Å². The molecule has 1 aromatic carbocycles. The van der Waals surface area contributed by atoms with Crippen LogP contribution in [-0.4, -0.2) is 42.8 Å². The van der Waals surface area contributed by atoms with Crippen LogP contribution < -0.4 is 27.0 Å². The standard InChI is InChI=1S/C19H28F2N6O/c1-2-27-8-6-11(7-9-27)19(28)22-17-13-10-15(23-25-18(13)26-24-17)12-4-3-5-14(20)16(12)21/h3-5,11,13,15,17-18,23-26H,2,6-10H2,1H3,(H,22,28). The minimum atomic E-state index is -0.854. The quantitative estimate of drug-likeness (QED) is 0.518. The first-order valence-electron chi connectivity index (χ1n) is 10.1. The van der Waals surface area contributed by atoms with Crippen molar-refractivity contribution in [2.24, 2.45) is 11.8 Å². The van der Waals surface area contributed by atoms with Crippen LogP contribution in [0.25, 0.3) is 0 Å². The van der Waals surface area contributed by atoms with Gasteiger partial charge >= 0.3 is 0 Å². The van der Waals surface area contributed by atoms with Crippen LogP contribution in [0.4, 0.5) is 8.78 Å². The molecule has 3 saturated heterocycles. The van der Waals surface area contributed by atoms with Crippen LogP contribution in [0, 0.1) is 23.5 Å². The maximum Gasteiger partial charge on any atom is 0.224 e. The van der Waals surface area contributed by atoms with E-state index in [-0.39, 0.29) is 41.7 Å². The summed E-state index contributed by atoms with van der Waals surface area (Å²) in [6, 6.07) is 3.83. The highest BCUT2D eigenvalue weighted by Crippen LogP contribution is 2.31. The lowest BCUT2D eigenvalue weighted by Gasteiger charge is -2.36. The Hall–Kier alpha value is -1.65. The highest BCUT2D eigenvalue weighted by Gasteiger charge is 2.42. The molecule has 28 heavy (non-hydrogen) atoms. The number of nitrogens with zero attached hydrogens (tertiary/aromatic N) is 1. The molecule has 3 fully saturated rings. The zero-order valence-electron chi connectivity index (χ0n) is 16.0. The van der Waals surface area contributed by atoms with Gasteiger partial charge in [0.1, 0.15) is 0 Å². The smallest absolute Gasteiger partial charge is 0.224 e. The molecule has 1 aromatic rings. The van der Waals surface area contributed by atoms with Crippen molar-refractivity contribution in [3.63, 3.8) is 0 Å². The summed E-state index contributed by atoms with van der Waals surface area (Å²) >= 11 is 0. The van der Waals surface area contributed by atoms with Crippen molar-refractivity contribution < 1.29 is 13.6 Å². The zero-order valence-corrected chi connectivity index (χ0v) is 16.0. The van der Waals surface area contributed by atoms with Crippen molar-refractivity contribution in [3.8, 4) is 0 Å². The summed E-state index contributed by atoms with van der Waals surface area (Å²) in [5.74, 6) is -1.61. The summed E-state index contributed by atoms with van der Waals surface area (Å²) in [6.45, 7) is 5.05. The lowest BCUT2D eigenvalue weighted by atomic mass is 9.89. The van der Waals surface area contributed by atoms with Crippen LogP contribution in [0.15, 0.2) is 18.2 Å². The van der Waals surface area contributed by atoms with Gasteiger partial charge in [0.05, 0.1) is 12.3 Å². The number of hydrazine groups is 2. The molecule has 0 saturated carbocycles. The first kappa shape index (κ1) is 19.7. The third-order valence-electron chi connectivity index (χ3n) is 6.23. The molecule has 4 atom stereocenters. The number of benzene rings is 1. The van der Waals surface area contributed by atoms with Crippen molar-refractivity contribution in [3.05, 3.63) is 35.4 Å². The van der Waals surface area contributed by atoms with Gasteiger partial charge in [-0.2, -0.15) is 0 Å². The minimum absolute atomic E-state index is 0.00593. The minimum Gasteiger partial charge on any atom is -0.339 e. The predicted octanol–water partition coefficient (Wildman–Crippen LogP) is 0.728. The SMILES string of the molecule is CCN1CCC(C(=O)NC2NNC3NNC(c4cccc(F)c4F)CC32)CC1. The Labute approximate surface area is 163 Å². The number of halogens is 2. The molecule has 3 heterocycles. The summed E-state index contributed by atoms with van der Waals surface area (Å²) in [7, 11) is 0. The second-order valence-corrected chi connectivity index (χ2v) is 7.85. The van der Waals surface area contributed by atoms with Gasteiger partial charge in [0.15, 0.2) is 11.6 Å². The Balaban J connectivity index is 1.39. The molecule has 5 N–H and O–H groups in total. The maximum absolute atomic E-state index is 14.2. The third kappa shape index (κ3) is 3.90. The van der Waals surface area contributed by atoms with Gasteiger partial charge in [-0.05, 0) is 45.0 Å². The molecular formula is C19H28F2N6O. The molecule has 154 valence electrons. The molecule has 1 amide bonds. The average molecular weight is 394 g/mol. The van der Waals surface area contributed by atoms with Crippen molar-refractivity contribution in [1.29, 1.82) is 0 Å². The van der Waals surface area contributed by atoms with E-state index in [2.05, 4.69) is 38.8 Å². The molecule has 7 nitrogen and oxygen atoms in total. The number of carbonyl (C=O) groups excluding carboxylic acids is 1. The first-order chi connectivity index (χ1) is 13.6. The van der Waals surface area contributed by atoms with Crippen LogP contribution in [0.5, 0.6) is 0 Å². The number of fused-ring (bicyclic) bond motifs is 1. The average Bonchev–Trinajstić information content (AvgIpc) is 3.12. The Morgan fingerprint density at radius 3 is 2.68 bits per heavy atom. The Bertz CT molecular complexity index is 712. The third-order valence-corrected chi connectivity index (χ3v) is 6.23. The van der Waals surface area contributed by atoms with Gasteiger partial charge in [0, 0.05) is 23.4 Å². The number of rotatable bonds is 4. The molecule has 9 heteroatoms. The van der Waals surface area contributed by atoms with E-state index >= 15 is 0 Å². The summed E-state index contributed by atoms with van der Waals surface area (Å²) in [4.78, 5) is 15.1. The molecule has 0 aliphatic carbocycles. The van der Waals surface area contributed by atoms with Crippen molar-refractivity contribution in [1.82, 2.24) is 31.9 Å². The van der Waals surface area contributed by atoms with E-state index in [9.17, 15) is 13.6 Å². The number of amides is 1. The fourth-order valence-electron chi connectivity index (χ4n) is 4.44. The zero-order chi connectivity index (χ0) is 19.7. The predicted molar refractivity (Wildman–Crippen MR) is 100 cm³/mol. The van der Waals surface area contributed by atoms with E-state index in [1.54, 1.807) is 6.07 Å². The molecule has 4 unspecified atom stereocenters. The largest absolute Gasteiger partial charge is 0.339 e. The van der Waals surface area contributed by atoms with E-state index in [0.717, 1.165) is 38.5 Å². The second kappa shape index (κ2) is 8.38. The second-order valence-electron chi connectivity index (χ2n) is 7.85. The molecule has 0 aromatic heterocycles. The summed E-state index contributed by atoms with van der Waals surface area (Å²) < 4.78 is 27.8. The molecule has 3 aliphatic heterocycles. The summed E-state index contributed by atoms with van der Waals surface area (Å²) in [6.07, 6.45) is 1.91. The number of hydrogen-bond acceptors (Lipinski definition) is 6. The summed E-state index contributed by atoms with van der Waals surface area (Å²) in [5, 5.41) is 3.11. The van der Waals surface area contributed by atoms with Gasteiger partial charge in [-0.1, -0.05) is 19.1 Å². The van der Waals surface area contributed by atoms with E-state index < -0.39 is 11.6 Å². The van der Waals surface area contributed by atoms with Gasteiger partial charge in [-0.3, -0.25) is 4.79 Å². The number of piperidine rings is 1. The van der Waals surface area contributed by atoms with Crippen LogP contribution in [0.3, 0.4) is 0 Å². The topological polar surface area (TPSA) is 80.5 Å². The highest BCUT2D eigenvalue weighted by atomic mass is 19.2. The van der Waals surface area contributed by atoms with Crippen LogP contribution in [0.2, 0.25) is 0 Å². The van der Waals surface area contributed by atoms with Gasteiger partial charge in [0.25, 0.3) is 0 Å². The van der Waals surface area contributed by atoms with Gasteiger partial charge in [-0.25, -0.2) is 30.5 Å².